The molecule has 5 heteroatoms. The minimum absolute atomic E-state index is 0.102. The van der Waals surface area contributed by atoms with Gasteiger partial charge in [-0.15, -0.1) is 0 Å². The van der Waals surface area contributed by atoms with Crippen LogP contribution in [-0.4, -0.2) is 43.2 Å². The highest BCUT2D eigenvalue weighted by Gasteiger charge is 2.39. The number of piperidine rings is 1. The number of benzene rings is 1. The number of aryl methyl sites for hydroxylation is 1. The molecule has 27 heavy (non-hydrogen) atoms. The lowest BCUT2D eigenvalue weighted by atomic mass is 9.79. The van der Waals surface area contributed by atoms with Crippen molar-refractivity contribution < 1.29 is 9.47 Å². The maximum Gasteiger partial charge on any atom is 0.161 e. The third-order valence-corrected chi connectivity index (χ3v) is 6.19. The second-order valence-electron chi connectivity index (χ2n) is 7.62. The molecule has 1 fully saturated rings. The van der Waals surface area contributed by atoms with Gasteiger partial charge in [-0.2, -0.15) is 0 Å². The van der Waals surface area contributed by atoms with Crippen molar-refractivity contribution in [3.8, 4) is 11.5 Å². The van der Waals surface area contributed by atoms with E-state index in [1.807, 2.05) is 6.20 Å². The highest BCUT2D eigenvalue weighted by atomic mass is 16.5. The Morgan fingerprint density at radius 1 is 1.19 bits per heavy atom. The quantitative estimate of drug-likeness (QED) is 0.900. The molecule has 2 aromatic rings. The number of methoxy groups -OCH3 is 2. The third-order valence-electron chi connectivity index (χ3n) is 6.19. The minimum atomic E-state index is 0.102. The molecule has 2 aliphatic rings. The zero-order valence-corrected chi connectivity index (χ0v) is 16.4. The lowest BCUT2D eigenvalue weighted by Gasteiger charge is -2.46. The molecule has 4 rings (SSSR count). The monoisotopic (exact) mass is 367 g/mol. The van der Waals surface area contributed by atoms with Gasteiger partial charge in [-0.1, -0.05) is 6.92 Å². The first-order chi connectivity index (χ1) is 13.1. The predicted octanol–water partition coefficient (Wildman–Crippen LogP) is 3.08. The standard InChI is InChI=1S/C22H29N3O2/c1-4-14-5-7-24-19(9-14)17-13-25-8-6-15-10-21(26-2)22(27-3)11-16(15)20(25)12-18(17)23/h5,7,9-11,17-18,20H,4,6,8,12-13,23H2,1-3H3/t17-,18-,20-/m0/s1. The van der Waals surface area contributed by atoms with E-state index in [0.717, 1.165) is 49.5 Å². The summed E-state index contributed by atoms with van der Waals surface area (Å²) in [7, 11) is 3.39. The average Bonchev–Trinajstić information content (AvgIpc) is 2.72. The van der Waals surface area contributed by atoms with E-state index < -0.39 is 0 Å². The van der Waals surface area contributed by atoms with E-state index in [9.17, 15) is 0 Å². The van der Waals surface area contributed by atoms with Gasteiger partial charge < -0.3 is 15.2 Å². The largest absolute Gasteiger partial charge is 0.493 e. The van der Waals surface area contributed by atoms with Crippen LogP contribution in [-0.2, 0) is 12.8 Å². The van der Waals surface area contributed by atoms with Crippen LogP contribution in [0, 0.1) is 0 Å². The Morgan fingerprint density at radius 3 is 2.70 bits per heavy atom. The molecule has 0 aliphatic carbocycles. The molecule has 1 aromatic heterocycles. The Hall–Kier alpha value is -2.11. The molecule has 3 atom stereocenters. The van der Waals surface area contributed by atoms with Gasteiger partial charge in [-0.05, 0) is 60.2 Å². The van der Waals surface area contributed by atoms with E-state index in [4.69, 9.17) is 15.2 Å². The van der Waals surface area contributed by atoms with Crippen LogP contribution in [0.2, 0.25) is 0 Å². The van der Waals surface area contributed by atoms with E-state index in [2.05, 4.69) is 41.1 Å². The molecule has 5 nitrogen and oxygen atoms in total. The summed E-state index contributed by atoms with van der Waals surface area (Å²) in [5.41, 5.74) is 11.8. The molecule has 0 bridgehead atoms. The third kappa shape index (κ3) is 3.30. The number of fused-ring (bicyclic) bond motifs is 3. The lowest BCUT2D eigenvalue weighted by molar-refractivity contribution is 0.108. The van der Waals surface area contributed by atoms with Crippen LogP contribution in [0.4, 0.5) is 0 Å². The molecular formula is C22H29N3O2. The Morgan fingerprint density at radius 2 is 1.96 bits per heavy atom. The number of aromatic nitrogens is 1. The van der Waals surface area contributed by atoms with Crippen LogP contribution in [0.25, 0.3) is 0 Å². The Labute approximate surface area is 161 Å². The molecule has 0 spiro atoms. The van der Waals surface area contributed by atoms with E-state index in [0.29, 0.717) is 6.04 Å². The molecule has 0 amide bonds. The number of hydrogen-bond donors (Lipinski definition) is 1. The molecule has 0 unspecified atom stereocenters. The van der Waals surface area contributed by atoms with Crippen molar-refractivity contribution in [3.05, 3.63) is 52.8 Å². The molecule has 144 valence electrons. The first kappa shape index (κ1) is 18.3. The fraction of sp³-hybridized carbons (Fsp3) is 0.500. The summed E-state index contributed by atoms with van der Waals surface area (Å²) in [5.74, 6) is 1.89. The number of nitrogens with zero attached hydrogens (tertiary/aromatic N) is 2. The normalized spacial score (nSPS) is 24.8. The van der Waals surface area contributed by atoms with E-state index in [-0.39, 0.29) is 12.0 Å². The zero-order valence-electron chi connectivity index (χ0n) is 16.4. The maximum absolute atomic E-state index is 6.67. The van der Waals surface area contributed by atoms with Gasteiger partial charge in [-0.25, -0.2) is 0 Å². The van der Waals surface area contributed by atoms with Crippen molar-refractivity contribution >= 4 is 0 Å². The number of hydrogen-bond acceptors (Lipinski definition) is 5. The summed E-state index contributed by atoms with van der Waals surface area (Å²) < 4.78 is 11.0. The smallest absolute Gasteiger partial charge is 0.161 e. The van der Waals surface area contributed by atoms with Crippen LogP contribution >= 0.6 is 0 Å². The second kappa shape index (κ2) is 7.49. The van der Waals surface area contributed by atoms with Gasteiger partial charge >= 0.3 is 0 Å². The van der Waals surface area contributed by atoms with E-state index in [1.165, 1.54) is 16.7 Å². The fourth-order valence-corrected chi connectivity index (χ4v) is 4.61. The summed E-state index contributed by atoms with van der Waals surface area (Å²) in [4.78, 5) is 7.22. The number of pyridine rings is 1. The molecule has 1 saturated heterocycles. The second-order valence-corrected chi connectivity index (χ2v) is 7.62. The van der Waals surface area contributed by atoms with E-state index >= 15 is 0 Å². The summed E-state index contributed by atoms with van der Waals surface area (Å²) >= 11 is 0. The average molecular weight is 367 g/mol. The molecule has 3 heterocycles. The van der Waals surface area contributed by atoms with Crippen LogP contribution in [0.15, 0.2) is 30.5 Å². The van der Waals surface area contributed by atoms with Gasteiger partial charge in [0.05, 0.1) is 14.2 Å². The van der Waals surface area contributed by atoms with Gasteiger partial charge in [0, 0.05) is 43.0 Å². The van der Waals surface area contributed by atoms with Gasteiger partial charge in [0.2, 0.25) is 0 Å². The van der Waals surface area contributed by atoms with Crippen LogP contribution in [0.5, 0.6) is 11.5 Å². The molecule has 1 aromatic carbocycles. The number of rotatable bonds is 4. The van der Waals surface area contributed by atoms with Gasteiger partial charge in [0.15, 0.2) is 11.5 Å². The number of nitrogens with two attached hydrogens (primary N) is 1. The lowest BCUT2D eigenvalue weighted by Crippen LogP contribution is -2.50. The predicted molar refractivity (Wildman–Crippen MR) is 107 cm³/mol. The van der Waals surface area contributed by atoms with E-state index in [1.54, 1.807) is 14.2 Å². The van der Waals surface area contributed by atoms with Gasteiger partial charge in [0.25, 0.3) is 0 Å². The highest BCUT2D eigenvalue weighted by molar-refractivity contribution is 5.49. The summed E-state index contributed by atoms with van der Waals surface area (Å²) in [6.07, 6.45) is 4.91. The maximum atomic E-state index is 6.67. The van der Waals surface area contributed by atoms with Gasteiger partial charge in [-0.3, -0.25) is 9.88 Å². The van der Waals surface area contributed by atoms with Crippen molar-refractivity contribution in [1.82, 2.24) is 9.88 Å². The topological polar surface area (TPSA) is 60.6 Å². The Bertz CT molecular complexity index is 823. The molecule has 2 aliphatic heterocycles. The summed E-state index contributed by atoms with van der Waals surface area (Å²) in [6, 6.07) is 9.05. The van der Waals surface area contributed by atoms with Gasteiger partial charge in [0.1, 0.15) is 0 Å². The van der Waals surface area contributed by atoms with Crippen molar-refractivity contribution in [2.45, 2.75) is 44.2 Å². The number of ether oxygens (including phenoxy) is 2. The van der Waals surface area contributed by atoms with Crippen molar-refractivity contribution in [2.75, 3.05) is 27.3 Å². The molecule has 0 saturated carbocycles. The van der Waals surface area contributed by atoms with Crippen molar-refractivity contribution in [3.63, 3.8) is 0 Å². The molecule has 2 N–H and O–H groups in total. The highest BCUT2D eigenvalue weighted by Crippen LogP contribution is 2.43. The SMILES string of the molecule is CCc1ccnc([C@H]2CN3CCc4cc(OC)c(OC)cc4[C@@H]3C[C@@H]2N)c1. The van der Waals surface area contributed by atoms with Crippen LogP contribution in [0.1, 0.15) is 47.7 Å². The zero-order chi connectivity index (χ0) is 19.0. The Kier molecular flexibility index (Phi) is 5.06. The summed E-state index contributed by atoms with van der Waals surface area (Å²) in [5, 5.41) is 0. The van der Waals surface area contributed by atoms with Crippen molar-refractivity contribution in [2.24, 2.45) is 5.73 Å². The summed E-state index contributed by atoms with van der Waals surface area (Å²) in [6.45, 7) is 4.18. The Balaban J connectivity index is 1.63. The van der Waals surface area contributed by atoms with Crippen LogP contribution < -0.4 is 15.2 Å². The first-order valence-electron chi connectivity index (χ1n) is 9.83. The minimum Gasteiger partial charge on any atom is -0.493 e. The fourth-order valence-electron chi connectivity index (χ4n) is 4.61. The van der Waals surface area contributed by atoms with Crippen LogP contribution in [0.3, 0.4) is 0 Å². The van der Waals surface area contributed by atoms with Crippen molar-refractivity contribution in [1.29, 1.82) is 0 Å². The molecular weight excluding hydrogens is 338 g/mol. The molecule has 0 radical (unpaired) electrons. The first-order valence-corrected chi connectivity index (χ1v) is 9.83.